The molecule has 0 spiro atoms. The molecule has 4 rings (SSSR count). The largest absolute Gasteiger partial charge is 0.466 e. The van der Waals surface area contributed by atoms with Crippen LogP contribution in [-0.2, 0) is 11.2 Å². The molecule has 26 heavy (non-hydrogen) atoms. The summed E-state index contributed by atoms with van der Waals surface area (Å²) in [5.41, 5.74) is -2.84. The number of benzene rings is 2. The first-order valence-corrected chi connectivity index (χ1v) is 8.31. The first kappa shape index (κ1) is 16.4. The topological polar surface area (TPSA) is 66.7 Å². The number of rotatable bonds is 5. The first-order chi connectivity index (χ1) is 12.7. The molecule has 0 aliphatic rings. The van der Waals surface area contributed by atoms with Crippen LogP contribution in [0.1, 0.15) is 22.6 Å². The lowest BCUT2D eigenvalue weighted by atomic mass is 9.70. The highest BCUT2D eigenvalue weighted by Gasteiger charge is 2.58. The quantitative estimate of drug-likeness (QED) is 0.572. The molecule has 0 unspecified atom stereocenters. The third-order valence-corrected chi connectivity index (χ3v) is 4.66. The smallest absolute Gasteiger partial charge is 0.187 e. The van der Waals surface area contributed by atoms with Gasteiger partial charge in [0, 0.05) is 0 Å². The van der Waals surface area contributed by atoms with Gasteiger partial charge in [0.1, 0.15) is 11.5 Å². The molecular weight excluding hydrogens is 328 g/mol. The predicted molar refractivity (Wildman–Crippen MR) is 96.3 cm³/mol. The maximum atomic E-state index is 12.0. The minimum Gasteiger partial charge on any atom is -0.466 e. The van der Waals surface area contributed by atoms with E-state index < -0.39 is 11.2 Å². The Kier molecular flexibility index (Phi) is 3.99. The second-order valence-electron chi connectivity index (χ2n) is 6.11. The monoisotopic (exact) mass is 346 g/mol. The summed E-state index contributed by atoms with van der Waals surface area (Å²) in [5.74, 6) is 0.429. The van der Waals surface area contributed by atoms with E-state index in [1.807, 2.05) is 12.1 Å². The molecule has 0 bridgehead atoms. The van der Waals surface area contributed by atoms with Crippen LogP contribution in [0, 0.1) is 0 Å². The fourth-order valence-corrected chi connectivity index (χ4v) is 3.39. The Balaban J connectivity index is 2.07. The molecule has 0 amide bonds. The minimum absolute atomic E-state index is 0.214. The van der Waals surface area contributed by atoms with Crippen LogP contribution in [0.15, 0.2) is 106 Å². The van der Waals surface area contributed by atoms with Gasteiger partial charge >= 0.3 is 0 Å². The number of aliphatic hydroxyl groups is 2. The van der Waals surface area contributed by atoms with E-state index in [-0.39, 0.29) is 11.5 Å². The first-order valence-electron chi connectivity index (χ1n) is 8.31. The third kappa shape index (κ3) is 2.31. The van der Waals surface area contributed by atoms with E-state index in [0.29, 0.717) is 11.1 Å². The van der Waals surface area contributed by atoms with Crippen molar-refractivity contribution in [1.82, 2.24) is 0 Å². The molecule has 130 valence electrons. The van der Waals surface area contributed by atoms with E-state index in [9.17, 15) is 10.2 Å². The van der Waals surface area contributed by atoms with E-state index in [1.54, 1.807) is 72.8 Å². The average Bonchev–Trinajstić information content (AvgIpc) is 3.42. The summed E-state index contributed by atoms with van der Waals surface area (Å²) in [6, 6.07) is 24.5. The van der Waals surface area contributed by atoms with Crippen molar-refractivity contribution in [3.05, 3.63) is 120 Å². The van der Waals surface area contributed by atoms with Crippen molar-refractivity contribution in [1.29, 1.82) is 0 Å². The van der Waals surface area contributed by atoms with E-state index in [0.717, 1.165) is 0 Å². The summed E-state index contributed by atoms with van der Waals surface area (Å²) in [4.78, 5) is 0. The van der Waals surface area contributed by atoms with E-state index >= 15 is 0 Å². The van der Waals surface area contributed by atoms with E-state index in [2.05, 4.69) is 0 Å². The molecule has 2 N–H and O–H groups in total. The molecule has 0 aliphatic heterocycles. The Bertz CT molecular complexity index is 864. The van der Waals surface area contributed by atoms with Crippen molar-refractivity contribution in [2.24, 2.45) is 0 Å². The average molecular weight is 346 g/mol. The highest BCUT2D eigenvalue weighted by atomic mass is 16.4. The standard InChI is InChI=1S/C22H18O4/c23-21(19-13-7-15-25-19,17-9-3-1-4-10-17)22(24,20-14-8-16-26-20)18-11-5-2-6-12-18/h1-16,23-24H/t21-,22-/m0/s1. The number of hydrogen-bond donors (Lipinski definition) is 2. The highest BCUT2D eigenvalue weighted by Crippen LogP contribution is 2.49. The maximum absolute atomic E-state index is 12.0. The zero-order valence-electron chi connectivity index (χ0n) is 13.9. The molecule has 0 saturated heterocycles. The van der Waals surface area contributed by atoms with Crippen molar-refractivity contribution in [3.63, 3.8) is 0 Å². The molecule has 2 heterocycles. The van der Waals surface area contributed by atoms with Gasteiger partial charge in [-0.25, -0.2) is 0 Å². The highest BCUT2D eigenvalue weighted by molar-refractivity contribution is 5.45. The third-order valence-electron chi connectivity index (χ3n) is 4.66. The lowest BCUT2D eigenvalue weighted by Gasteiger charge is -2.41. The Morgan fingerprint density at radius 1 is 0.500 bits per heavy atom. The SMILES string of the molecule is O[C@@](c1ccccc1)(c1ccco1)[C@](O)(c1ccccc1)c1ccco1. The molecule has 4 heteroatoms. The van der Waals surface area contributed by atoms with E-state index in [4.69, 9.17) is 8.83 Å². The molecule has 4 nitrogen and oxygen atoms in total. The van der Waals surface area contributed by atoms with Gasteiger partial charge in [0.15, 0.2) is 11.2 Å². The fourth-order valence-electron chi connectivity index (χ4n) is 3.39. The Labute approximate surface area is 151 Å². The lowest BCUT2D eigenvalue weighted by Crippen LogP contribution is -2.50. The second-order valence-corrected chi connectivity index (χ2v) is 6.11. The van der Waals surface area contributed by atoms with Crippen LogP contribution in [0.5, 0.6) is 0 Å². The van der Waals surface area contributed by atoms with Gasteiger partial charge in [-0.1, -0.05) is 60.7 Å². The van der Waals surface area contributed by atoms with Crippen molar-refractivity contribution in [3.8, 4) is 0 Å². The van der Waals surface area contributed by atoms with Gasteiger partial charge in [0.2, 0.25) is 0 Å². The van der Waals surface area contributed by atoms with Gasteiger partial charge in [0.05, 0.1) is 12.5 Å². The molecule has 2 aromatic carbocycles. The summed E-state index contributed by atoms with van der Waals surface area (Å²) in [5, 5.41) is 24.0. The van der Waals surface area contributed by atoms with Crippen molar-refractivity contribution in [2.45, 2.75) is 11.2 Å². The van der Waals surface area contributed by atoms with Crippen LogP contribution >= 0.6 is 0 Å². The molecule has 4 aromatic rings. The summed E-state index contributed by atoms with van der Waals surface area (Å²) < 4.78 is 11.1. The summed E-state index contributed by atoms with van der Waals surface area (Å²) >= 11 is 0. The molecule has 0 aliphatic carbocycles. The molecular formula is C22H18O4. The second kappa shape index (κ2) is 6.33. The zero-order valence-corrected chi connectivity index (χ0v) is 13.9. The Morgan fingerprint density at radius 2 is 0.885 bits per heavy atom. The van der Waals surface area contributed by atoms with Crippen LogP contribution in [0.25, 0.3) is 0 Å². The van der Waals surface area contributed by atoms with Crippen LogP contribution < -0.4 is 0 Å². The number of furan rings is 2. The fraction of sp³-hybridized carbons (Fsp3) is 0.0909. The van der Waals surface area contributed by atoms with Crippen LogP contribution in [0.4, 0.5) is 0 Å². The maximum Gasteiger partial charge on any atom is 0.187 e. The van der Waals surface area contributed by atoms with Gasteiger partial charge in [-0.05, 0) is 35.4 Å². The van der Waals surface area contributed by atoms with Crippen molar-refractivity contribution >= 4 is 0 Å². The van der Waals surface area contributed by atoms with Crippen LogP contribution in [-0.4, -0.2) is 10.2 Å². The molecule has 0 saturated carbocycles. The molecule has 2 aromatic heterocycles. The normalized spacial score (nSPS) is 15.9. The number of hydrogen-bond acceptors (Lipinski definition) is 4. The van der Waals surface area contributed by atoms with Gasteiger partial charge < -0.3 is 19.0 Å². The van der Waals surface area contributed by atoms with Crippen molar-refractivity contribution < 1.29 is 19.0 Å². The lowest BCUT2D eigenvalue weighted by molar-refractivity contribution is -0.133. The summed E-state index contributed by atoms with van der Waals surface area (Å²) in [6.07, 6.45) is 2.94. The zero-order chi connectivity index (χ0) is 18.0. The van der Waals surface area contributed by atoms with Crippen molar-refractivity contribution in [2.75, 3.05) is 0 Å². The molecule has 0 fully saturated rings. The van der Waals surface area contributed by atoms with Crippen LogP contribution in [0.2, 0.25) is 0 Å². The van der Waals surface area contributed by atoms with Gasteiger partial charge in [-0.15, -0.1) is 0 Å². The minimum atomic E-state index is -1.91. The van der Waals surface area contributed by atoms with E-state index in [1.165, 1.54) is 12.5 Å². The van der Waals surface area contributed by atoms with Crippen LogP contribution in [0.3, 0.4) is 0 Å². The molecule has 2 atom stereocenters. The summed E-state index contributed by atoms with van der Waals surface area (Å²) in [7, 11) is 0. The van der Waals surface area contributed by atoms with Gasteiger partial charge in [0.25, 0.3) is 0 Å². The Hall–Kier alpha value is -3.08. The Morgan fingerprint density at radius 3 is 1.19 bits per heavy atom. The van der Waals surface area contributed by atoms with Gasteiger partial charge in [-0.3, -0.25) is 0 Å². The van der Waals surface area contributed by atoms with Gasteiger partial charge in [-0.2, -0.15) is 0 Å². The molecule has 0 radical (unpaired) electrons. The predicted octanol–water partition coefficient (Wildman–Crippen LogP) is 4.04. The summed E-state index contributed by atoms with van der Waals surface area (Å²) in [6.45, 7) is 0.